The number of imidazole rings is 1. The van der Waals surface area contributed by atoms with Crippen LogP contribution < -0.4 is 5.56 Å². The number of esters is 3. The number of rotatable bonds is 6. The molecule has 0 radical (unpaired) electrons. The molecule has 0 aliphatic carbocycles. The highest BCUT2D eigenvalue weighted by Crippen LogP contribution is 2.38. The molecule has 1 fully saturated rings. The van der Waals surface area contributed by atoms with Gasteiger partial charge >= 0.3 is 17.9 Å². The molecular weight excluding hydrogens is 467 g/mol. The summed E-state index contributed by atoms with van der Waals surface area (Å²) < 4.78 is 37.0. The van der Waals surface area contributed by atoms with E-state index in [0.717, 1.165) is 13.3 Å². The fraction of sp³-hybridized carbons (Fsp3) is 0.364. The molecule has 2 aromatic heterocycles. The number of nitrogens with zero attached hydrogens (tertiary/aromatic N) is 3. The number of hydrogen-bond acceptors (Lipinski definition) is 10. The summed E-state index contributed by atoms with van der Waals surface area (Å²) in [5.74, 6) is -2.32. The molecule has 0 amide bonds. The third-order valence-electron chi connectivity index (χ3n) is 5.18. The predicted molar refractivity (Wildman–Crippen MR) is 115 cm³/mol. The third-order valence-corrected chi connectivity index (χ3v) is 5.18. The Morgan fingerprint density at radius 1 is 1.06 bits per heavy atom. The summed E-state index contributed by atoms with van der Waals surface area (Å²) >= 11 is 0. The number of nitrogens with one attached hydrogen (secondary N) is 1. The summed E-state index contributed by atoms with van der Waals surface area (Å²) in [4.78, 5) is 58.7. The highest BCUT2D eigenvalue weighted by Gasteiger charge is 2.51. The highest BCUT2D eigenvalue weighted by atomic mass is 19.1. The van der Waals surface area contributed by atoms with Crippen molar-refractivity contribution in [3.05, 3.63) is 46.8 Å². The van der Waals surface area contributed by atoms with Crippen LogP contribution in [0.2, 0.25) is 0 Å². The lowest BCUT2D eigenvalue weighted by Crippen LogP contribution is -2.40. The number of carbonyl (C=O) groups excluding carboxylic acids is 3. The Kier molecular flexibility index (Phi) is 6.60. The molecule has 1 aliphatic heterocycles. The molecule has 4 rings (SSSR count). The second-order valence-corrected chi connectivity index (χ2v) is 7.73. The van der Waals surface area contributed by atoms with Crippen molar-refractivity contribution in [3.63, 3.8) is 0 Å². The fourth-order valence-electron chi connectivity index (χ4n) is 3.86. The maximum absolute atomic E-state index is 13.6. The van der Waals surface area contributed by atoms with Crippen LogP contribution in [0, 0.1) is 5.82 Å². The first kappa shape index (κ1) is 24.0. The second-order valence-electron chi connectivity index (χ2n) is 7.73. The van der Waals surface area contributed by atoms with Gasteiger partial charge in [-0.05, 0) is 24.3 Å². The van der Waals surface area contributed by atoms with Crippen molar-refractivity contribution in [2.24, 2.45) is 0 Å². The molecule has 13 heteroatoms. The van der Waals surface area contributed by atoms with E-state index in [2.05, 4.69) is 15.0 Å². The van der Waals surface area contributed by atoms with Gasteiger partial charge in [-0.2, -0.15) is 0 Å². The van der Waals surface area contributed by atoms with Gasteiger partial charge in [-0.1, -0.05) is 0 Å². The lowest BCUT2D eigenvalue weighted by atomic mass is 10.1. The SMILES string of the molecule is CC(=O)OC[C@H]1O[C@@H](n2c(-c3ccc(F)cc3)nc3c(=O)[nH]cnc32)[C@H](OC(C)=O)[C@@H]1OC(C)=O. The summed E-state index contributed by atoms with van der Waals surface area (Å²) in [6.45, 7) is 3.22. The van der Waals surface area contributed by atoms with Crippen LogP contribution in [0.25, 0.3) is 22.6 Å². The van der Waals surface area contributed by atoms with E-state index in [4.69, 9.17) is 18.9 Å². The average molecular weight is 488 g/mol. The molecule has 1 aliphatic rings. The second kappa shape index (κ2) is 9.62. The van der Waals surface area contributed by atoms with E-state index in [9.17, 15) is 23.6 Å². The van der Waals surface area contributed by atoms with Crippen LogP contribution in [-0.4, -0.2) is 62.3 Å². The molecular formula is C22H21FN4O8. The molecule has 12 nitrogen and oxygen atoms in total. The molecule has 1 saturated heterocycles. The Bertz CT molecular complexity index is 1340. The van der Waals surface area contributed by atoms with Gasteiger partial charge in [0.25, 0.3) is 5.56 Å². The summed E-state index contributed by atoms with van der Waals surface area (Å²) in [5.41, 5.74) is -0.122. The van der Waals surface area contributed by atoms with Crippen molar-refractivity contribution < 1.29 is 37.7 Å². The first-order chi connectivity index (χ1) is 16.7. The lowest BCUT2D eigenvalue weighted by Gasteiger charge is -2.24. The molecule has 1 aromatic carbocycles. The molecule has 0 saturated carbocycles. The number of fused-ring (bicyclic) bond motifs is 1. The van der Waals surface area contributed by atoms with E-state index < -0.39 is 53.8 Å². The topological polar surface area (TPSA) is 152 Å². The predicted octanol–water partition coefficient (Wildman–Crippen LogP) is 1.25. The number of ether oxygens (including phenoxy) is 4. The molecule has 3 aromatic rings. The number of aromatic nitrogens is 4. The summed E-state index contributed by atoms with van der Waals surface area (Å²) in [5, 5.41) is 0. The van der Waals surface area contributed by atoms with Gasteiger partial charge in [0.05, 0.1) is 6.33 Å². The molecule has 0 bridgehead atoms. The zero-order valence-corrected chi connectivity index (χ0v) is 18.9. The number of carbonyl (C=O) groups is 3. The van der Waals surface area contributed by atoms with Crippen molar-refractivity contribution >= 4 is 29.1 Å². The highest BCUT2D eigenvalue weighted by molar-refractivity contribution is 5.76. The molecule has 1 N–H and O–H groups in total. The zero-order chi connectivity index (χ0) is 25.3. The Morgan fingerprint density at radius 2 is 1.71 bits per heavy atom. The zero-order valence-electron chi connectivity index (χ0n) is 18.9. The van der Waals surface area contributed by atoms with Gasteiger partial charge in [-0.25, -0.2) is 14.4 Å². The van der Waals surface area contributed by atoms with Crippen LogP contribution in [0.15, 0.2) is 35.4 Å². The molecule has 35 heavy (non-hydrogen) atoms. The minimum Gasteiger partial charge on any atom is -0.463 e. The van der Waals surface area contributed by atoms with Crippen molar-refractivity contribution in [3.8, 4) is 11.4 Å². The van der Waals surface area contributed by atoms with Gasteiger partial charge in [-0.15, -0.1) is 0 Å². The van der Waals surface area contributed by atoms with Gasteiger partial charge in [0.1, 0.15) is 24.4 Å². The largest absolute Gasteiger partial charge is 0.463 e. The number of benzene rings is 1. The van der Waals surface area contributed by atoms with E-state index in [1.54, 1.807) is 0 Å². The van der Waals surface area contributed by atoms with Crippen LogP contribution in [0.1, 0.15) is 27.0 Å². The summed E-state index contributed by atoms with van der Waals surface area (Å²) in [6.07, 6.45) is -3.47. The molecule has 184 valence electrons. The number of hydrogen-bond donors (Lipinski definition) is 1. The third kappa shape index (κ3) is 4.89. The van der Waals surface area contributed by atoms with Crippen LogP contribution >= 0.6 is 0 Å². The van der Waals surface area contributed by atoms with Crippen LogP contribution in [0.5, 0.6) is 0 Å². The first-order valence-electron chi connectivity index (χ1n) is 10.5. The van der Waals surface area contributed by atoms with E-state index >= 15 is 0 Å². The van der Waals surface area contributed by atoms with Crippen molar-refractivity contribution in [1.29, 1.82) is 0 Å². The van der Waals surface area contributed by atoms with Crippen molar-refractivity contribution in [1.82, 2.24) is 19.5 Å². The van der Waals surface area contributed by atoms with E-state index in [0.29, 0.717) is 5.56 Å². The fourth-order valence-corrected chi connectivity index (χ4v) is 3.86. The number of H-pyrrole nitrogens is 1. The van der Waals surface area contributed by atoms with E-state index in [1.165, 1.54) is 42.7 Å². The smallest absolute Gasteiger partial charge is 0.303 e. The standard InChI is InChI=1S/C22H21FN4O8/c1-10(28)32-8-15-17(33-11(2)29)18(34-12(3)30)22(35-15)27-19(13-4-6-14(23)7-5-13)26-16-20(27)24-9-25-21(16)31/h4-7,9,15,17-18,22H,8H2,1-3H3,(H,24,25,31)/t15-,17-,18-,22-/m1/s1. The summed E-state index contributed by atoms with van der Waals surface area (Å²) in [6, 6.07) is 5.30. The lowest BCUT2D eigenvalue weighted by molar-refractivity contribution is -0.166. The van der Waals surface area contributed by atoms with Crippen LogP contribution in [-0.2, 0) is 33.3 Å². The normalized spacial score (nSPS) is 21.6. The number of halogens is 1. The Labute approximate surface area is 197 Å². The Morgan fingerprint density at radius 3 is 2.34 bits per heavy atom. The molecule has 0 spiro atoms. The van der Waals surface area contributed by atoms with Gasteiger partial charge in [0.15, 0.2) is 29.6 Å². The van der Waals surface area contributed by atoms with Crippen molar-refractivity contribution in [2.45, 2.75) is 45.3 Å². The minimum absolute atomic E-state index is 0.0514. The monoisotopic (exact) mass is 488 g/mol. The quantitative estimate of drug-likeness (QED) is 0.396. The maximum Gasteiger partial charge on any atom is 0.303 e. The van der Waals surface area contributed by atoms with E-state index in [1.807, 2.05) is 0 Å². The van der Waals surface area contributed by atoms with Crippen LogP contribution in [0.4, 0.5) is 4.39 Å². The van der Waals surface area contributed by atoms with E-state index in [-0.39, 0.29) is 23.6 Å². The van der Waals surface area contributed by atoms with Gasteiger partial charge in [-0.3, -0.25) is 23.7 Å². The molecule has 0 unspecified atom stereocenters. The minimum atomic E-state index is -1.23. The van der Waals surface area contributed by atoms with Gasteiger partial charge in [0, 0.05) is 26.3 Å². The van der Waals surface area contributed by atoms with Gasteiger partial charge < -0.3 is 23.9 Å². The maximum atomic E-state index is 13.6. The first-order valence-corrected chi connectivity index (χ1v) is 10.5. The van der Waals surface area contributed by atoms with Crippen molar-refractivity contribution in [2.75, 3.05) is 6.61 Å². The summed E-state index contributed by atoms with van der Waals surface area (Å²) in [7, 11) is 0. The van der Waals surface area contributed by atoms with Gasteiger partial charge in [0.2, 0.25) is 0 Å². The Balaban J connectivity index is 1.90. The molecule has 4 atom stereocenters. The van der Waals surface area contributed by atoms with Crippen LogP contribution in [0.3, 0.4) is 0 Å². The number of aromatic amines is 1. The Hall–Kier alpha value is -4.13. The average Bonchev–Trinajstić information content (AvgIpc) is 3.31. The molecule has 3 heterocycles.